The van der Waals surface area contributed by atoms with Crippen LogP contribution in [0.4, 0.5) is 8.78 Å². The third kappa shape index (κ3) is 4.21. The number of aliphatic hydroxyl groups is 2. The van der Waals surface area contributed by atoms with Gasteiger partial charge < -0.3 is 10.2 Å². The maximum absolute atomic E-state index is 13.6. The highest BCUT2D eigenvalue weighted by molar-refractivity contribution is 5.09. The van der Waals surface area contributed by atoms with E-state index in [0.29, 0.717) is 35.0 Å². The van der Waals surface area contributed by atoms with Crippen molar-refractivity contribution < 1.29 is 19.0 Å². The fourth-order valence-corrected chi connectivity index (χ4v) is 10.2. The van der Waals surface area contributed by atoms with Gasteiger partial charge in [0.2, 0.25) is 5.92 Å². The highest BCUT2D eigenvalue weighted by Gasteiger charge is 2.60. The van der Waals surface area contributed by atoms with Crippen LogP contribution in [0.1, 0.15) is 117 Å². The number of fused-ring (bicyclic) bond motifs is 5. The number of rotatable bonds is 4. The maximum Gasteiger partial charge on any atom is 0.248 e. The van der Waals surface area contributed by atoms with Crippen molar-refractivity contribution in [1.82, 2.24) is 0 Å². The summed E-state index contributed by atoms with van der Waals surface area (Å²) in [6, 6.07) is 0. The molecule has 190 valence electrons. The summed E-state index contributed by atoms with van der Waals surface area (Å²) in [5.74, 6) is 1.91. The predicted octanol–water partition coefficient (Wildman–Crippen LogP) is 7.36. The van der Waals surface area contributed by atoms with E-state index in [2.05, 4.69) is 20.8 Å². The van der Waals surface area contributed by atoms with E-state index in [1.165, 1.54) is 44.9 Å². The van der Waals surface area contributed by atoms with Gasteiger partial charge in [0.05, 0.1) is 11.7 Å². The first-order valence-corrected chi connectivity index (χ1v) is 14.2. The average molecular weight is 467 g/mol. The van der Waals surface area contributed by atoms with Gasteiger partial charge in [-0.25, -0.2) is 8.78 Å². The first-order chi connectivity index (χ1) is 15.5. The predicted molar refractivity (Wildman–Crippen MR) is 128 cm³/mol. The first kappa shape index (κ1) is 24.5. The van der Waals surface area contributed by atoms with Gasteiger partial charge in [0, 0.05) is 12.8 Å². The Hall–Kier alpha value is -0.220. The summed E-state index contributed by atoms with van der Waals surface area (Å²) in [5, 5.41) is 21.2. The van der Waals surface area contributed by atoms with Gasteiger partial charge in [-0.15, -0.1) is 0 Å². The molecule has 0 heterocycles. The Kier molecular flexibility index (Phi) is 6.25. The van der Waals surface area contributed by atoms with E-state index in [0.717, 1.165) is 37.0 Å². The van der Waals surface area contributed by atoms with E-state index in [9.17, 15) is 19.0 Å². The number of aliphatic hydroxyl groups excluding tert-OH is 1. The molecule has 5 aliphatic carbocycles. The number of hydrogen-bond acceptors (Lipinski definition) is 2. The van der Waals surface area contributed by atoms with Gasteiger partial charge in [-0.2, -0.15) is 0 Å². The van der Waals surface area contributed by atoms with Gasteiger partial charge in [-0.05, 0) is 130 Å². The van der Waals surface area contributed by atoms with Crippen LogP contribution in [0.3, 0.4) is 0 Å². The molecule has 0 aromatic carbocycles. The van der Waals surface area contributed by atoms with Crippen LogP contribution in [0.5, 0.6) is 0 Å². The normalized spacial score (nSPS) is 49.5. The summed E-state index contributed by atoms with van der Waals surface area (Å²) in [6.07, 6.45) is 13.0. The Balaban J connectivity index is 1.24. The van der Waals surface area contributed by atoms with Crippen LogP contribution in [0.15, 0.2) is 0 Å². The van der Waals surface area contributed by atoms with Crippen LogP contribution >= 0.6 is 0 Å². The Bertz CT molecular complexity index is 714. The Labute approximate surface area is 200 Å². The van der Waals surface area contributed by atoms with Crippen LogP contribution in [0.2, 0.25) is 0 Å². The molecule has 8 unspecified atom stereocenters. The molecule has 0 aromatic heterocycles. The summed E-state index contributed by atoms with van der Waals surface area (Å²) in [4.78, 5) is 0. The van der Waals surface area contributed by atoms with E-state index < -0.39 is 11.5 Å². The van der Waals surface area contributed by atoms with Crippen LogP contribution in [-0.2, 0) is 0 Å². The monoisotopic (exact) mass is 466 g/mol. The summed E-state index contributed by atoms with van der Waals surface area (Å²) in [7, 11) is 0. The van der Waals surface area contributed by atoms with Crippen molar-refractivity contribution in [3.8, 4) is 0 Å². The lowest BCUT2D eigenvalue weighted by Gasteiger charge is -2.61. The summed E-state index contributed by atoms with van der Waals surface area (Å²) in [5.41, 5.74) is -0.0370. The zero-order valence-corrected chi connectivity index (χ0v) is 21.3. The second kappa shape index (κ2) is 8.43. The molecule has 0 radical (unpaired) electrons. The molecule has 5 rings (SSSR count). The highest BCUT2D eigenvalue weighted by Crippen LogP contribution is 2.68. The molecular formula is C29H48F2O2. The summed E-state index contributed by atoms with van der Waals surface area (Å²) < 4.78 is 27.2. The second-order valence-electron chi connectivity index (χ2n) is 13.9. The molecule has 5 aliphatic rings. The maximum atomic E-state index is 13.6. The van der Waals surface area contributed by atoms with E-state index in [1.54, 1.807) is 0 Å². The van der Waals surface area contributed by atoms with E-state index in [1.807, 2.05) is 0 Å². The molecule has 5 fully saturated rings. The molecule has 0 spiro atoms. The number of hydrogen-bond donors (Lipinski definition) is 2. The molecule has 0 amide bonds. The van der Waals surface area contributed by atoms with E-state index in [-0.39, 0.29) is 31.8 Å². The Morgan fingerprint density at radius 2 is 1.48 bits per heavy atom. The molecule has 0 bridgehead atoms. The van der Waals surface area contributed by atoms with Crippen molar-refractivity contribution in [1.29, 1.82) is 0 Å². The molecule has 33 heavy (non-hydrogen) atoms. The molecule has 4 heteroatoms. The second-order valence-corrected chi connectivity index (χ2v) is 13.9. The standard InChI is InChI=1S/C29H48F2O2/c1-19(8-13-28(33)14-16-29(30,31)17-15-28)23-6-7-24-22-5-4-20-18-21(32)9-11-26(20,2)25(22)10-12-27(23,24)3/h19-25,32-33H,4-18H2,1-3H3/t19?,20?,21?,22?,23-,24?,25?,26?,27?/m1/s1. The van der Waals surface area contributed by atoms with Crippen molar-refractivity contribution >= 4 is 0 Å². The molecule has 2 nitrogen and oxygen atoms in total. The van der Waals surface area contributed by atoms with Gasteiger partial charge >= 0.3 is 0 Å². The van der Waals surface area contributed by atoms with Crippen LogP contribution in [0.25, 0.3) is 0 Å². The summed E-state index contributed by atoms with van der Waals surface area (Å²) in [6.45, 7) is 7.52. The van der Waals surface area contributed by atoms with Gasteiger partial charge in [0.15, 0.2) is 0 Å². The number of alkyl halides is 2. The minimum absolute atomic E-state index is 0.0737. The molecule has 0 saturated heterocycles. The Morgan fingerprint density at radius 1 is 0.818 bits per heavy atom. The molecule has 0 aromatic rings. The van der Waals surface area contributed by atoms with Crippen LogP contribution < -0.4 is 0 Å². The van der Waals surface area contributed by atoms with Crippen LogP contribution in [-0.4, -0.2) is 27.8 Å². The number of halogens is 2. The van der Waals surface area contributed by atoms with E-state index >= 15 is 0 Å². The fraction of sp³-hybridized carbons (Fsp3) is 1.00. The highest BCUT2D eigenvalue weighted by atomic mass is 19.3. The van der Waals surface area contributed by atoms with Crippen molar-refractivity contribution in [3.63, 3.8) is 0 Å². The minimum atomic E-state index is -2.57. The molecule has 9 atom stereocenters. The minimum Gasteiger partial charge on any atom is -0.393 e. The van der Waals surface area contributed by atoms with Gasteiger partial charge in [-0.1, -0.05) is 20.8 Å². The molecule has 5 saturated carbocycles. The zero-order chi connectivity index (χ0) is 23.6. The lowest BCUT2D eigenvalue weighted by atomic mass is 9.44. The molecule has 0 aliphatic heterocycles. The Morgan fingerprint density at radius 3 is 2.21 bits per heavy atom. The topological polar surface area (TPSA) is 40.5 Å². The lowest BCUT2D eigenvalue weighted by molar-refractivity contribution is -0.130. The van der Waals surface area contributed by atoms with Crippen molar-refractivity contribution in [2.75, 3.05) is 0 Å². The van der Waals surface area contributed by atoms with Crippen LogP contribution in [0, 0.1) is 46.3 Å². The quantitative estimate of drug-likeness (QED) is 0.454. The smallest absolute Gasteiger partial charge is 0.248 e. The summed E-state index contributed by atoms with van der Waals surface area (Å²) >= 11 is 0. The first-order valence-electron chi connectivity index (χ1n) is 14.2. The third-order valence-corrected chi connectivity index (χ3v) is 12.4. The zero-order valence-electron chi connectivity index (χ0n) is 21.3. The third-order valence-electron chi connectivity index (χ3n) is 12.4. The molecule has 2 N–H and O–H groups in total. The van der Waals surface area contributed by atoms with Crippen molar-refractivity contribution in [2.45, 2.75) is 135 Å². The lowest BCUT2D eigenvalue weighted by Crippen LogP contribution is -2.54. The SMILES string of the molecule is CC(CCC1(O)CCC(F)(F)CC1)[C@H]1CCC2C3CCC4CC(O)CCC4(C)C3CCC21C. The average Bonchev–Trinajstić information content (AvgIpc) is 3.12. The van der Waals surface area contributed by atoms with Crippen molar-refractivity contribution in [2.24, 2.45) is 46.3 Å². The van der Waals surface area contributed by atoms with Crippen molar-refractivity contribution in [3.05, 3.63) is 0 Å². The largest absolute Gasteiger partial charge is 0.393 e. The van der Waals surface area contributed by atoms with Gasteiger partial charge in [0.1, 0.15) is 0 Å². The van der Waals surface area contributed by atoms with Gasteiger partial charge in [-0.3, -0.25) is 0 Å². The van der Waals surface area contributed by atoms with E-state index in [4.69, 9.17) is 0 Å². The molecular weight excluding hydrogens is 418 g/mol. The van der Waals surface area contributed by atoms with Gasteiger partial charge in [0.25, 0.3) is 0 Å². The fourth-order valence-electron chi connectivity index (χ4n) is 10.2.